The second-order valence-electron chi connectivity index (χ2n) is 4.91. The van der Waals surface area contributed by atoms with Gasteiger partial charge < -0.3 is 5.32 Å². The summed E-state index contributed by atoms with van der Waals surface area (Å²) < 4.78 is 39.7. The Morgan fingerprint density at radius 1 is 1.17 bits per heavy atom. The number of para-hydroxylation sites is 1. The summed E-state index contributed by atoms with van der Waals surface area (Å²) >= 11 is 5.76. The molecule has 1 amide bonds. The molecule has 0 heterocycles. The Labute approximate surface area is 145 Å². The molecule has 5 nitrogen and oxygen atoms in total. The van der Waals surface area contributed by atoms with Crippen molar-refractivity contribution in [2.75, 3.05) is 18.4 Å². The molecule has 0 saturated heterocycles. The maximum Gasteiger partial charge on any atom is 0.243 e. The lowest BCUT2D eigenvalue weighted by Gasteiger charge is -2.20. The van der Waals surface area contributed by atoms with Crippen molar-refractivity contribution in [3.63, 3.8) is 0 Å². The molecule has 0 atom stereocenters. The Morgan fingerprint density at radius 3 is 2.38 bits per heavy atom. The molecule has 0 unspecified atom stereocenters. The molecule has 0 spiro atoms. The van der Waals surface area contributed by atoms with E-state index < -0.39 is 28.3 Å². The van der Waals surface area contributed by atoms with Crippen LogP contribution in [-0.4, -0.2) is 31.7 Å². The molecule has 0 saturated carbocycles. The number of rotatable bonds is 6. The molecule has 2 aromatic carbocycles. The first-order valence-corrected chi connectivity index (χ1v) is 8.96. The van der Waals surface area contributed by atoms with Gasteiger partial charge in [0.1, 0.15) is 5.82 Å². The highest BCUT2D eigenvalue weighted by molar-refractivity contribution is 7.89. The van der Waals surface area contributed by atoms with Gasteiger partial charge >= 0.3 is 0 Å². The fraction of sp³-hybridized carbons (Fsp3) is 0.188. The first-order valence-electron chi connectivity index (χ1n) is 7.14. The van der Waals surface area contributed by atoms with Crippen molar-refractivity contribution < 1.29 is 17.6 Å². The number of carbonyl (C=O) groups is 1. The van der Waals surface area contributed by atoms with Crippen LogP contribution in [0.25, 0.3) is 0 Å². The smallest absolute Gasteiger partial charge is 0.243 e. The number of amides is 1. The molecule has 0 radical (unpaired) electrons. The van der Waals surface area contributed by atoms with Gasteiger partial charge in [0.25, 0.3) is 0 Å². The van der Waals surface area contributed by atoms with E-state index in [2.05, 4.69) is 5.32 Å². The highest BCUT2D eigenvalue weighted by Gasteiger charge is 2.25. The quantitative estimate of drug-likeness (QED) is 0.849. The van der Waals surface area contributed by atoms with Crippen molar-refractivity contribution in [3.05, 3.63) is 59.4 Å². The van der Waals surface area contributed by atoms with E-state index in [-0.39, 0.29) is 17.1 Å². The molecular weight excluding hydrogens is 355 g/mol. The average molecular weight is 371 g/mol. The van der Waals surface area contributed by atoms with Crippen LogP contribution in [0.15, 0.2) is 53.4 Å². The fourth-order valence-electron chi connectivity index (χ4n) is 2.03. The number of benzene rings is 2. The van der Waals surface area contributed by atoms with Crippen LogP contribution < -0.4 is 5.32 Å². The summed E-state index contributed by atoms with van der Waals surface area (Å²) in [5.41, 5.74) is 0.00226. The Morgan fingerprint density at radius 2 is 1.79 bits per heavy atom. The number of likely N-dealkylation sites (N-methyl/N-ethyl adjacent to an activating group) is 1. The van der Waals surface area contributed by atoms with Crippen LogP contribution in [0.2, 0.25) is 5.02 Å². The molecule has 24 heavy (non-hydrogen) atoms. The normalized spacial score (nSPS) is 11.5. The van der Waals surface area contributed by atoms with Gasteiger partial charge in [0, 0.05) is 11.6 Å². The number of halogens is 2. The first kappa shape index (κ1) is 18.4. The molecule has 2 aromatic rings. The van der Waals surface area contributed by atoms with Crippen molar-refractivity contribution in [1.82, 2.24) is 4.31 Å². The summed E-state index contributed by atoms with van der Waals surface area (Å²) in [5, 5.41) is 2.78. The highest BCUT2D eigenvalue weighted by atomic mass is 35.5. The van der Waals surface area contributed by atoms with Gasteiger partial charge in [-0.2, -0.15) is 4.31 Å². The van der Waals surface area contributed by atoms with Crippen LogP contribution in [0.5, 0.6) is 0 Å². The van der Waals surface area contributed by atoms with Gasteiger partial charge in [-0.15, -0.1) is 0 Å². The largest absolute Gasteiger partial charge is 0.322 e. The minimum Gasteiger partial charge on any atom is -0.322 e. The fourth-order valence-corrected chi connectivity index (χ4v) is 3.57. The van der Waals surface area contributed by atoms with Crippen LogP contribution in [0.4, 0.5) is 10.1 Å². The summed E-state index contributed by atoms with van der Waals surface area (Å²) in [6.07, 6.45) is 0. The standard InChI is InChI=1S/C16H16ClFN2O3S/c1-2-20(24(22,23)13-9-7-12(17)8-10-13)11-16(21)19-15-6-4-3-5-14(15)18/h3-10H,2,11H2,1H3,(H,19,21). The molecule has 0 bridgehead atoms. The number of nitrogens with one attached hydrogen (secondary N) is 1. The average Bonchev–Trinajstić information content (AvgIpc) is 2.55. The predicted molar refractivity (Wildman–Crippen MR) is 90.9 cm³/mol. The van der Waals surface area contributed by atoms with E-state index in [9.17, 15) is 17.6 Å². The second kappa shape index (κ2) is 7.74. The van der Waals surface area contributed by atoms with Crippen molar-refractivity contribution >= 4 is 33.2 Å². The maximum atomic E-state index is 13.5. The topological polar surface area (TPSA) is 66.5 Å². The number of sulfonamides is 1. The van der Waals surface area contributed by atoms with Gasteiger partial charge in [0.05, 0.1) is 17.1 Å². The second-order valence-corrected chi connectivity index (χ2v) is 7.29. The molecule has 0 aliphatic rings. The SMILES string of the molecule is CCN(CC(=O)Nc1ccccc1F)S(=O)(=O)c1ccc(Cl)cc1. The van der Waals surface area contributed by atoms with Gasteiger partial charge in [-0.3, -0.25) is 4.79 Å². The minimum absolute atomic E-state index is 0.00226. The van der Waals surface area contributed by atoms with Crippen molar-refractivity contribution in [3.8, 4) is 0 Å². The zero-order valence-electron chi connectivity index (χ0n) is 12.9. The van der Waals surface area contributed by atoms with E-state index in [1.165, 1.54) is 42.5 Å². The zero-order chi connectivity index (χ0) is 17.7. The molecule has 0 fully saturated rings. The van der Waals surface area contributed by atoms with E-state index >= 15 is 0 Å². The zero-order valence-corrected chi connectivity index (χ0v) is 14.4. The first-order chi connectivity index (χ1) is 11.3. The molecule has 0 aliphatic heterocycles. The summed E-state index contributed by atoms with van der Waals surface area (Å²) in [7, 11) is -3.85. The Bertz CT molecular complexity index is 825. The summed E-state index contributed by atoms with van der Waals surface area (Å²) in [6.45, 7) is 1.29. The van der Waals surface area contributed by atoms with Crippen molar-refractivity contribution in [2.45, 2.75) is 11.8 Å². The minimum atomic E-state index is -3.85. The molecule has 1 N–H and O–H groups in total. The molecule has 2 rings (SSSR count). The maximum absolute atomic E-state index is 13.5. The summed E-state index contributed by atoms with van der Waals surface area (Å²) in [5.74, 6) is -1.21. The molecule has 0 aliphatic carbocycles. The van der Waals surface area contributed by atoms with E-state index in [4.69, 9.17) is 11.6 Å². The van der Waals surface area contributed by atoms with Crippen LogP contribution in [-0.2, 0) is 14.8 Å². The number of anilines is 1. The summed E-state index contributed by atoms with van der Waals surface area (Å²) in [4.78, 5) is 12.1. The lowest BCUT2D eigenvalue weighted by Crippen LogP contribution is -2.37. The Balaban J connectivity index is 2.15. The monoisotopic (exact) mass is 370 g/mol. The molecule has 128 valence electrons. The third-order valence-corrected chi connectivity index (χ3v) is 5.46. The highest BCUT2D eigenvalue weighted by Crippen LogP contribution is 2.19. The van der Waals surface area contributed by atoms with Gasteiger partial charge in [0.2, 0.25) is 15.9 Å². The Kier molecular flexibility index (Phi) is 5.93. The predicted octanol–water partition coefficient (Wildman–Crippen LogP) is 3.13. The van der Waals surface area contributed by atoms with Gasteiger partial charge in [0.15, 0.2) is 0 Å². The van der Waals surface area contributed by atoms with Crippen LogP contribution in [0.3, 0.4) is 0 Å². The third-order valence-electron chi connectivity index (χ3n) is 3.27. The number of hydrogen-bond donors (Lipinski definition) is 1. The van der Waals surface area contributed by atoms with Crippen molar-refractivity contribution in [1.29, 1.82) is 0 Å². The summed E-state index contributed by atoms with van der Waals surface area (Å²) in [6, 6.07) is 11.3. The molecule has 0 aromatic heterocycles. The van der Waals surface area contributed by atoms with Gasteiger partial charge in [-0.25, -0.2) is 12.8 Å². The van der Waals surface area contributed by atoms with E-state index in [1.807, 2.05) is 0 Å². The van der Waals surface area contributed by atoms with Gasteiger partial charge in [-0.1, -0.05) is 30.7 Å². The number of hydrogen-bond acceptors (Lipinski definition) is 3. The van der Waals surface area contributed by atoms with Gasteiger partial charge in [-0.05, 0) is 36.4 Å². The van der Waals surface area contributed by atoms with Crippen LogP contribution in [0.1, 0.15) is 6.92 Å². The lowest BCUT2D eigenvalue weighted by molar-refractivity contribution is -0.116. The third kappa shape index (κ3) is 4.31. The molecular formula is C16H16ClFN2O3S. The van der Waals surface area contributed by atoms with E-state index in [0.29, 0.717) is 5.02 Å². The van der Waals surface area contributed by atoms with Crippen LogP contribution in [0, 0.1) is 5.82 Å². The van der Waals surface area contributed by atoms with E-state index in [0.717, 1.165) is 4.31 Å². The number of nitrogens with zero attached hydrogens (tertiary/aromatic N) is 1. The molecule has 8 heteroatoms. The Hall–Kier alpha value is -1.96. The van der Waals surface area contributed by atoms with Crippen LogP contribution >= 0.6 is 11.6 Å². The van der Waals surface area contributed by atoms with Crippen molar-refractivity contribution in [2.24, 2.45) is 0 Å². The number of carbonyl (C=O) groups excluding carboxylic acids is 1. The lowest BCUT2D eigenvalue weighted by atomic mass is 10.3. The van der Waals surface area contributed by atoms with E-state index in [1.54, 1.807) is 13.0 Å².